The lowest BCUT2D eigenvalue weighted by molar-refractivity contribution is 0.0438. The molecule has 1 aromatic heterocycles. The van der Waals surface area contributed by atoms with E-state index in [4.69, 9.17) is 11.6 Å². The highest BCUT2D eigenvalue weighted by Gasteiger charge is 2.35. The van der Waals surface area contributed by atoms with Crippen molar-refractivity contribution >= 4 is 17.5 Å². The minimum atomic E-state index is -0.435. The largest absolute Gasteiger partial charge is 0.330 e. The van der Waals surface area contributed by atoms with Crippen LogP contribution < -0.4 is 5.56 Å². The summed E-state index contributed by atoms with van der Waals surface area (Å²) < 4.78 is 15.6. The number of hydrogen-bond acceptors (Lipinski definition) is 3. The Hall–Kier alpha value is -2.21. The van der Waals surface area contributed by atoms with Crippen LogP contribution in [0.25, 0.3) is 0 Å². The average Bonchev–Trinajstić information content (AvgIpc) is 2.66. The SMILES string of the molecule is C[C@H]1[C@H](C)CCC[C@@H]1N(Cc1c(F)cccc1Cl)C(=O)c1ccc(=O)n(C)n1. The maximum absolute atomic E-state index is 14.5. The van der Waals surface area contributed by atoms with Crippen LogP contribution in [-0.4, -0.2) is 26.6 Å². The van der Waals surface area contributed by atoms with Gasteiger partial charge in [0.15, 0.2) is 0 Å². The number of benzene rings is 1. The van der Waals surface area contributed by atoms with E-state index in [0.717, 1.165) is 23.9 Å². The van der Waals surface area contributed by atoms with Crippen molar-refractivity contribution in [1.29, 1.82) is 0 Å². The summed E-state index contributed by atoms with van der Waals surface area (Å²) in [4.78, 5) is 26.7. The number of carbonyl (C=O) groups excluding carboxylic acids is 1. The molecule has 1 amide bonds. The third-order valence-electron chi connectivity index (χ3n) is 5.89. The van der Waals surface area contributed by atoms with Gasteiger partial charge in [0.25, 0.3) is 11.5 Å². The minimum absolute atomic E-state index is 0.0500. The Labute approximate surface area is 169 Å². The van der Waals surface area contributed by atoms with Gasteiger partial charge in [-0.2, -0.15) is 5.10 Å². The topological polar surface area (TPSA) is 55.2 Å². The summed E-state index contributed by atoms with van der Waals surface area (Å²) >= 11 is 6.24. The van der Waals surface area contributed by atoms with Gasteiger partial charge in [0.2, 0.25) is 0 Å². The third kappa shape index (κ3) is 4.12. The van der Waals surface area contributed by atoms with Crippen molar-refractivity contribution in [3.63, 3.8) is 0 Å². The van der Waals surface area contributed by atoms with Crippen molar-refractivity contribution in [3.05, 3.63) is 62.8 Å². The molecule has 0 aliphatic heterocycles. The van der Waals surface area contributed by atoms with E-state index in [1.807, 2.05) is 0 Å². The fourth-order valence-electron chi connectivity index (χ4n) is 3.95. The zero-order chi connectivity index (χ0) is 20.4. The summed E-state index contributed by atoms with van der Waals surface area (Å²) in [6.07, 6.45) is 2.96. The van der Waals surface area contributed by atoms with Crippen LogP contribution in [0.1, 0.15) is 49.2 Å². The summed E-state index contributed by atoms with van der Waals surface area (Å²) in [5.74, 6) is -0.0369. The smallest absolute Gasteiger partial charge is 0.274 e. The van der Waals surface area contributed by atoms with E-state index >= 15 is 0 Å². The van der Waals surface area contributed by atoms with Crippen LogP contribution >= 0.6 is 11.6 Å². The Balaban J connectivity index is 2.01. The molecule has 0 saturated heterocycles. The number of nitrogens with zero attached hydrogens (tertiary/aromatic N) is 3. The predicted molar refractivity (Wildman–Crippen MR) is 107 cm³/mol. The number of carbonyl (C=O) groups is 1. The fraction of sp³-hybridized carbons (Fsp3) is 0.476. The first kappa shape index (κ1) is 20.5. The molecule has 28 heavy (non-hydrogen) atoms. The molecule has 7 heteroatoms. The molecular formula is C21H25ClFN3O2. The van der Waals surface area contributed by atoms with Crippen LogP contribution in [0.2, 0.25) is 5.02 Å². The van der Waals surface area contributed by atoms with Gasteiger partial charge in [-0.05, 0) is 36.5 Å². The van der Waals surface area contributed by atoms with E-state index in [1.165, 1.54) is 25.2 Å². The van der Waals surface area contributed by atoms with Crippen LogP contribution in [0.15, 0.2) is 35.1 Å². The molecular weight excluding hydrogens is 381 g/mol. The molecule has 1 aliphatic carbocycles. The average molecular weight is 406 g/mol. The van der Waals surface area contributed by atoms with E-state index in [1.54, 1.807) is 17.0 Å². The predicted octanol–water partition coefficient (Wildman–Crippen LogP) is 4.04. The summed E-state index contributed by atoms with van der Waals surface area (Å²) in [5, 5.41) is 4.40. The lowest BCUT2D eigenvalue weighted by atomic mass is 9.77. The van der Waals surface area contributed by atoms with Crippen molar-refractivity contribution in [3.8, 4) is 0 Å². The molecule has 1 aliphatic rings. The Kier molecular flexibility index (Phi) is 6.18. The molecule has 1 fully saturated rings. The Bertz CT molecular complexity index is 910. The maximum atomic E-state index is 14.5. The summed E-state index contributed by atoms with van der Waals surface area (Å²) in [6.45, 7) is 4.38. The lowest BCUT2D eigenvalue weighted by Gasteiger charge is -2.41. The van der Waals surface area contributed by atoms with Crippen molar-refractivity contribution in [2.45, 2.75) is 45.7 Å². The second kappa shape index (κ2) is 8.43. The summed E-state index contributed by atoms with van der Waals surface area (Å²) in [6, 6.07) is 7.22. The van der Waals surface area contributed by atoms with Crippen LogP contribution in [0.4, 0.5) is 4.39 Å². The van der Waals surface area contributed by atoms with E-state index in [-0.39, 0.29) is 35.7 Å². The molecule has 5 nitrogen and oxygen atoms in total. The molecule has 1 aromatic carbocycles. The fourth-order valence-corrected chi connectivity index (χ4v) is 4.17. The number of rotatable bonds is 4. The first-order valence-electron chi connectivity index (χ1n) is 9.57. The van der Waals surface area contributed by atoms with Crippen molar-refractivity contribution in [2.75, 3.05) is 0 Å². The molecule has 3 atom stereocenters. The van der Waals surface area contributed by atoms with E-state index in [0.29, 0.717) is 16.5 Å². The van der Waals surface area contributed by atoms with Gasteiger partial charge in [-0.3, -0.25) is 9.59 Å². The van der Waals surface area contributed by atoms with Gasteiger partial charge in [0.05, 0.1) is 6.54 Å². The van der Waals surface area contributed by atoms with Gasteiger partial charge in [-0.15, -0.1) is 0 Å². The molecule has 0 radical (unpaired) electrons. The molecule has 1 saturated carbocycles. The molecule has 3 rings (SSSR count). The second-order valence-corrected chi connectivity index (χ2v) is 8.06. The van der Waals surface area contributed by atoms with Crippen LogP contribution in [-0.2, 0) is 13.6 Å². The highest BCUT2D eigenvalue weighted by molar-refractivity contribution is 6.31. The van der Waals surface area contributed by atoms with Gasteiger partial charge < -0.3 is 4.90 Å². The van der Waals surface area contributed by atoms with Gasteiger partial charge in [0.1, 0.15) is 11.5 Å². The second-order valence-electron chi connectivity index (χ2n) is 7.65. The number of aromatic nitrogens is 2. The summed E-state index contributed by atoms with van der Waals surface area (Å²) in [7, 11) is 1.50. The molecule has 0 bridgehead atoms. The first-order valence-corrected chi connectivity index (χ1v) is 9.95. The quantitative estimate of drug-likeness (QED) is 0.771. The molecule has 0 spiro atoms. The van der Waals surface area contributed by atoms with Crippen LogP contribution in [0.5, 0.6) is 0 Å². The van der Waals surface area contributed by atoms with E-state index < -0.39 is 5.82 Å². The van der Waals surface area contributed by atoms with Crippen LogP contribution in [0, 0.1) is 17.7 Å². The third-order valence-corrected chi connectivity index (χ3v) is 6.25. The molecule has 150 valence electrons. The van der Waals surface area contributed by atoms with Gasteiger partial charge in [-0.1, -0.05) is 44.4 Å². The molecule has 0 unspecified atom stereocenters. The molecule has 0 N–H and O–H groups in total. The Morgan fingerprint density at radius 2 is 2.04 bits per heavy atom. The van der Waals surface area contributed by atoms with Crippen molar-refractivity contribution in [1.82, 2.24) is 14.7 Å². The monoisotopic (exact) mass is 405 g/mol. The van der Waals surface area contributed by atoms with Crippen molar-refractivity contribution in [2.24, 2.45) is 18.9 Å². The van der Waals surface area contributed by atoms with E-state index in [9.17, 15) is 14.0 Å². The van der Waals surface area contributed by atoms with Gasteiger partial charge in [0, 0.05) is 29.7 Å². The number of halogens is 2. The maximum Gasteiger partial charge on any atom is 0.274 e. The summed E-state index contributed by atoms with van der Waals surface area (Å²) in [5.41, 5.74) is 0.174. The first-order chi connectivity index (χ1) is 13.3. The highest BCUT2D eigenvalue weighted by Crippen LogP contribution is 2.35. The van der Waals surface area contributed by atoms with Crippen molar-refractivity contribution < 1.29 is 9.18 Å². The number of hydrogen-bond donors (Lipinski definition) is 0. The van der Waals surface area contributed by atoms with Gasteiger partial charge >= 0.3 is 0 Å². The molecule has 2 aromatic rings. The minimum Gasteiger partial charge on any atom is -0.330 e. The Morgan fingerprint density at radius 1 is 1.29 bits per heavy atom. The standard InChI is InChI=1S/C21H25ClFN3O2/c1-13-6-4-9-19(14(13)2)26(12-15-16(22)7-5-8-17(15)23)21(28)18-10-11-20(27)25(3)24-18/h5,7-8,10-11,13-14,19H,4,6,9,12H2,1-3H3/t13-,14+,19+/m1/s1. The molecule has 1 heterocycles. The number of amides is 1. The zero-order valence-electron chi connectivity index (χ0n) is 16.4. The highest BCUT2D eigenvalue weighted by atomic mass is 35.5. The van der Waals surface area contributed by atoms with E-state index in [2.05, 4.69) is 18.9 Å². The zero-order valence-corrected chi connectivity index (χ0v) is 17.1. The van der Waals surface area contributed by atoms with Crippen LogP contribution in [0.3, 0.4) is 0 Å². The number of aryl methyl sites for hydroxylation is 1. The van der Waals surface area contributed by atoms with Gasteiger partial charge in [-0.25, -0.2) is 9.07 Å². The normalized spacial score (nSPS) is 22.1. The lowest BCUT2D eigenvalue weighted by Crippen LogP contribution is -2.47. The Morgan fingerprint density at radius 3 is 2.71 bits per heavy atom.